The fraction of sp³-hybridized carbons (Fsp3) is 0.200. The number of hydrogen-bond donors (Lipinski definition) is 0. The van der Waals surface area contributed by atoms with Gasteiger partial charge in [-0.1, -0.05) is 18.2 Å². The molecule has 0 spiro atoms. The van der Waals surface area contributed by atoms with Crippen molar-refractivity contribution >= 4 is 22.9 Å². The molecule has 0 heterocycles. The molecule has 0 radical (unpaired) electrons. The van der Waals surface area contributed by atoms with Gasteiger partial charge in [0, 0.05) is 12.6 Å². The minimum absolute atomic E-state index is 0.386. The van der Waals surface area contributed by atoms with Crippen LogP contribution in [0.25, 0.3) is 0 Å². The minimum Gasteiger partial charge on any atom is -0.269 e. The lowest BCUT2D eigenvalue weighted by Crippen LogP contribution is -2.29. The Labute approximate surface area is 87.3 Å². The quantitative estimate of drug-likeness (QED) is 0.529. The van der Waals surface area contributed by atoms with Crippen LogP contribution in [0, 0.1) is 6.92 Å². The van der Waals surface area contributed by atoms with Gasteiger partial charge in [0.25, 0.3) is 5.91 Å². The molecule has 3 nitrogen and oxygen atoms in total. The molecule has 0 saturated heterocycles. The second-order valence-electron chi connectivity index (χ2n) is 2.93. The lowest BCUT2D eigenvalue weighted by molar-refractivity contribution is 0.0847. The van der Waals surface area contributed by atoms with Crippen LogP contribution in [0.4, 0.5) is 4.79 Å². The van der Waals surface area contributed by atoms with Crippen molar-refractivity contribution in [1.29, 1.82) is 0 Å². The zero-order valence-corrected chi connectivity index (χ0v) is 8.71. The Balaban J connectivity index is 3.01. The number of carbonyl (C=O) groups is 2. The Hall–Kier alpha value is -1.35. The third-order valence-corrected chi connectivity index (χ3v) is 2.20. The van der Waals surface area contributed by atoms with Gasteiger partial charge in [-0.05, 0) is 30.2 Å². The number of hydrogen-bond acceptors (Lipinski definition) is 2. The normalized spacial score (nSPS) is 9.64. The topological polar surface area (TPSA) is 37.4 Å². The molecular formula is C10H10ClNO2. The van der Waals surface area contributed by atoms with Crippen molar-refractivity contribution in [2.45, 2.75) is 6.92 Å². The molecule has 14 heavy (non-hydrogen) atoms. The molecule has 74 valence electrons. The van der Waals surface area contributed by atoms with Crippen molar-refractivity contribution in [3.8, 4) is 0 Å². The number of aryl methyl sites for hydroxylation is 1. The molecule has 0 atom stereocenters. The van der Waals surface area contributed by atoms with Gasteiger partial charge in [0.2, 0.25) is 0 Å². The molecule has 0 aliphatic carbocycles. The summed E-state index contributed by atoms with van der Waals surface area (Å²) in [6, 6.07) is 7.04. The largest absolute Gasteiger partial charge is 0.323 e. The van der Waals surface area contributed by atoms with E-state index in [4.69, 9.17) is 11.6 Å². The highest BCUT2D eigenvalue weighted by atomic mass is 35.5. The van der Waals surface area contributed by atoms with Gasteiger partial charge < -0.3 is 0 Å². The van der Waals surface area contributed by atoms with Crippen LogP contribution in [0.2, 0.25) is 0 Å². The van der Waals surface area contributed by atoms with Gasteiger partial charge in [-0.25, -0.2) is 0 Å². The predicted molar refractivity (Wildman–Crippen MR) is 54.5 cm³/mol. The van der Waals surface area contributed by atoms with Crippen LogP contribution in [-0.2, 0) is 0 Å². The third kappa shape index (κ3) is 2.12. The van der Waals surface area contributed by atoms with Crippen LogP contribution < -0.4 is 0 Å². The van der Waals surface area contributed by atoms with Crippen LogP contribution in [-0.4, -0.2) is 23.2 Å². The highest BCUT2D eigenvalue weighted by molar-refractivity contribution is 6.64. The van der Waals surface area contributed by atoms with E-state index in [1.165, 1.54) is 7.05 Å². The van der Waals surface area contributed by atoms with E-state index in [9.17, 15) is 9.59 Å². The van der Waals surface area contributed by atoms with E-state index in [0.717, 1.165) is 10.5 Å². The van der Waals surface area contributed by atoms with Crippen molar-refractivity contribution in [3.63, 3.8) is 0 Å². The molecular weight excluding hydrogens is 202 g/mol. The summed E-state index contributed by atoms with van der Waals surface area (Å²) >= 11 is 5.19. The van der Waals surface area contributed by atoms with Crippen molar-refractivity contribution < 1.29 is 9.59 Å². The zero-order valence-electron chi connectivity index (χ0n) is 7.95. The van der Waals surface area contributed by atoms with Crippen LogP contribution in [0.15, 0.2) is 24.3 Å². The summed E-state index contributed by atoms with van der Waals surface area (Å²) in [6.07, 6.45) is 0. The fourth-order valence-electron chi connectivity index (χ4n) is 1.07. The van der Waals surface area contributed by atoms with Gasteiger partial charge >= 0.3 is 5.37 Å². The molecule has 0 aliphatic rings. The monoisotopic (exact) mass is 211 g/mol. The molecule has 1 rings (SSSR count). The van der Waals surface area contributed by atoms with Gasteiger partial charge in [-0.2, -0.15) is 0 Å². The number of imide groups is 1. The van der Waals surface area contributed by atoms with E-state index in [1.54, 1.807) is 25.1 Å². The molecule has 4 heteroatoms. The SMILES string of the molecule is Cc1ccccc1C(=O)N(C)C(=O)Cl. The summed E-state index contributed by atoms with van der Waals surface area (Å²) in [5.74, 6) is -0.386. The van der Waals surface area contributed by atoms with E-state index in [2.05, 4.69) is 0 Å². The number of benzene rings is 1. The van der Waals surface area contributed by atoms with Crippen LogP contribution >= 0.6 is 11.6 Å². The number of halogens is 1. The first-order valence-corrected chi connectivity index (χ1v) is 4.45. The van der Waals surface area contributed by atoms with Gasteiger partial charge in [0.15, 0.2) is 0 Å². The van der Waals surface area contributed by atoms with Crippen molar-refractivity contribution in [2.75, 3.05) is 7.05 Å². The number of rotatable bonds is 1. The van der Waals surface area contributed by atoms with Crippen molar-refractivity contribution in [2.24, 2.45) is 0 Å². The van der Waals surface area contributed by atoms with Gasteiger partial charge in [-0.15, -0.1) is 0 Å². The maximum atomic E-state index is 11.6. The Bertz CT molecular complexity index is 376. The number of amides is 2. The standard InChI is InChI=1S/C10H10ClNO2/c1-7-5-3-4-6-8(7)9(13)12(2)10(11)14/h3-6H,1-2H3. The highest BCUT2D eigenvalue weighted by Crippen LogP contribution is 2.10. The zero-order chi connectivity index (χ0) is 10.7. The minimum atomic E-state index is -0.779. The summed E-state index contributed by atoms with van der Waals surface area (Å²) in [4.78, 5) is 23.2. The molecule has 0 saturated carbocycles. The van der Waals surface area contributed by atoms with Gasteiger partial charge in [0.1, 0.15) is 0 Å². The Kier molecular flexibility index (Phi) is 3.25. The maximum Gasteiger partial charge on any atom is 0.323 e. The second-order valence-corrected chi connectivity index (χ2v) is 3.26. The van der Waals surface area contributed by atoms with Crippen molar-refractivity contribution in [1.82, 2.24) is 4.90 Å². The van der Waals surface area contributed by atoms with Gasteiger partial charge in [0.05, 0.1) is 0 Å². The molecule has 1 aromatic carbocycles. The van der Waals surface area contributed by atoms with E-state index >= 15 is 0 Å². The maximum absolute atomic E-state index is 11.6. The first-order valence-electron chi connectivity index (χ1n) is 4.07. The van der Waals surface area contributed by atoms with E-state index in [0.29, 0.717) is 5.56 Å². The molecule has 0 aliphatic heterocycles. The second kappa shape index (κ2) is 4.24. The first kappa shape index (κ1) is 10.7. The molecule has 2 amide bonds. The summed E-state index contributed by atoms with van der Waals surface area (Å²) < 4.78 is 0. The average Bonchev–Trinajstić information content (AvgIpc) is 2.16. The lowest BCUT2D eigenvalue weighted by Gasteiger charge is -2.12. The predicted octanol–water partition coefficient (Wildman–Crippen LogP) is 2.43. The average molecular weight is 212 g/mol. The molecule has 0 fully saturated rings. The Morgan fingerprint density at radius 3 is 2.36 bits per heavy atom. The first-order chi connectivity index (χ1) is 6.54. The number of nitrogens with zero attached hydrogens (tertiary/aromatic N) is 1. The van der Waals surface area contributed by atoms with Crippen molar-refractivity contribution in [3.05, 3.63) is 35.4 Å². The Morgan fingerprint density at radius 1 is 1.29 bits per heavy atom. The van der Waals surface area contributed by atoms with Gasteiger partial charge in [-0.3, -0.25) is 14.5 Å². The number of carbonyl (C=O) groups excluding carboxylic acids is 2. The molecule has 0 N–H and O–H groups in total. The summed E-state index contributed by atoms with van der Waals surface area (Å²) in [6.45, 7) is 1.81. The lowest BCUT2D eigenvalue weighted by atomic mass is 10.1. The molecule has 0 aromatic heterocycles. The summed E-state index contributed by atoms with van der Waals surface area (Å²) in [5.41, 5.74) is 1.31. The summed E-state index contributed by atoms with van der Waals surface area (Å²) in [5, 5.41) is -0.779. The summed E-state index contributed by atoms with van der Waals surface area (Å²) in [7, 11) is 1.35. The van der Waals surface area contributed by atoms with E-state index in [1.807, 2.05) is 6.07 Å². The third-order valence-electron chi connectivity index (χ3n) is 1.94. The van der Waals surface area contributed by atoms with E-state index in [-0.39, 0.29) is 5.91 Å². The van der Waals surface area contributed by atoms with Crippen LogP contribution in [0.5, 0.6) is 0 Å². The Morgan fingerprint density at radius 2 is 1.86 bits per heavy atom. The molecule has 1 aromatic rings. The van der Waals surface area contributed by atoms with E-state index < -0.39 is 5.37 Å². The fourth-order valence-corrected chi connectivity index (χ4v) is 1.15. The highest BCUT2D eigenvalue weighted by Gasteiger charge is 2.17. The smallest absolute Gasteiger partial charge is 0.269 e. The molecule has 0 unspecified atom stereocenters. The van der Waals surface area contributed by atoms with Crippen LogP contribution in [0.3, 0.4) is 0 Å². The molecule has 0 bridgehead atoms. The van der Waals surface area contributed by atoms with Crippen LogP contribution in [0.1, 0.15) is 15.9 Å².